The lowest BCUT2D eigenvalue weighted by Gasteiger charge is -2.33. The number of carbonyl (C=O) groups excluding carboxylic acids is 1. The first-order chi connectivity index (χ1) is 10.0. The molecule has 22 heavy (non-hydrogen) atoms. The third-order valence-corrected chi connectivity index (χ3v) is 4.30. The van der Waals surface area contributed by atoms with Crippen LogP contribution in [0.1, 0.15) is 34.6 Å². The summed E-state index contributed by atoms with van der Waals surface area (Å²) < 4.78 is 5.33. The van der Waals surface area contributed by atoms with Gasteiger partial charge in [-0.25, -0.2) is 4.79 Å². The number of hydrogen-bond acceptors (Lipinski definition) is 5. The van der Waals surface area contributed by atoms with Crippen LogP contribution in [0, 0.1) is 5.92 Å². The predicted octanol–water partition coefficient (Wildman–Crippen LogP) is 1.11. The Morgan fingerprint density at radius 3 is 2.41 bits per heavy atom. The number of likely N-dealkylation sites (tertiary alicyclic amines) is 1. The van der Waals surface area contributed by atoms with Gasteiger partial charge in [-0.1, -0.05) is 6.92 Å². The average Bonchev–Trinajstić information content (AvgIpc) is 2.69. The van der Waals surface area contributed by atoms with Crippen LogP contribution in [0.5, 0.6) is 0 Å². The summed E-state index contributed by atoms with van der Waals surface area (Å²) in [5.41, 5.74) is 5.49. The smallest absolute Gasteiger partial charge is 0.407 e. The lowest BCUT2D eigenvalue weighted by atomic mass is 10.1. The second kappa shape index (κ2) is 7.62. The van der Waals surface area contributed by atoms with Gasteiger partial charge >= 0.3 is 6.09 Å². The van der Waals surface area contributed by atoms with Gasteiger partial charge in [-0.3, -0.25) is 4.90 Å². The molecule has 3 N–H and O–H groups in total. The molecule has 6 nitrogen and oxygen atoms in total. The van der Waals surface area contributed by atoms with Crippen LogP contribution < -0.4 is 11.1 Å². The fourth-order valence-electron chi connectivity index (χ4n) is 3.19. The number of nitrogens with zero attached hydrogens (tertiary/aromatic N) is 2. The van der Waals surface area contributed by atoms with E-state index in [0.29, 0.717) is 18.5 Å². The topological polar surface area (TPSA) is 70.8 Å². The van der Waals surface area contributed by atoms with E-state index in [1.165, 1.54) is 0 Å². The summed E-state index contributed by atoms with van der Waals surface area (Å²) in [7, 11) is 4.23. The molecule has 0 saturated carbocycles. The van der Waals surface area contributed by atoms with Gasteiger partial charge in [0.1, 0.15) is 5.60 Å². The fourth-order valence-corrected chi connectivity index (χ4v) is 3.19. The van der Waals surface area contributed by atoms with E-state index in [-0.39, 0.29) is 18.2 Å². The van der Waals surface area contributed by atoms with Crippen molar-refractivity contribution in [2.75, 3.05) is 33.7 Å². The summed E-state index contributed by atoms with van der Waals surface area (Å²) in [6, 6.07) is 0.607. The third kappa shape index (κ3) is 5.41. The number of nitrogens with one attached hydrogen (secondary N) is 1. The molecule has 0 radical (unpaired) electrons. The Morgan fingerprint density at radius 2 is 2.00 bits per heavy atom. The first kappa shape index (κ1) is 19.2. The van der Waals surface area contributed by atoms with Crippen LogP contribution in [0.4, 0.5) is 4.79 Å². The molecule has 0 aromatic carbocycles. The Morgan fingerprint density at radius 1 is 1.41 bits per heavy atom. The van der Waals surface area contributed by atoms with Crippen LogP contribution in [0.15, 0.2) is 0 Å². The second-order valence-corrected chi connectivity index (χ2v) is 7.70. The monoisotopic (exact) mass is 314 g/mol. The predicted molar refractivity (Wildman–Crippen MR) is 89.9 cm³/mol. The quantitative estimate of drug-likeness (QED) is 0.795. The van der Waals surface area contributed by atoms with Gasteiger partial charge in [-0.2, -0.15) is 0 Å². The zero-order chi connectivity index (χ0) is 17.1. The molecule has 6 heteroatoms. The molecular formula is C16H34N4O2. The molecule has 1 rings (SSSR count). The molecule has 1 aliphatic rings. The number of ether oxygens (including phenoxy) is 1. The highest BCUT2D eigenvalue weighted by atomic mass is 16.6. The molecule has 4 unspecified atom stereocenters. The second-order valence-electron chi connectivity index (χ2n) is 7.70. The van der Waals surface area contributed by atoms with Crippen molar-refractivity contribution < 1.29 is 9.53 Å². The van der Waals surface area contributed by atoms with E-state index in [2.05, 4.69) is 36.1 Å². The van der Waals surface area contributed by atoms with Crippen LogP contribution in [-0.2, 0) is 4.74 Å². The van der Waals surface area contributed by atoms with Gasteiger partial charge in [0.05, 0.1) is 0 Å². The van der Waals surface area contributed by atoms with Crippen LogP contribution in [-0.4, -0.2) is 73.3 Å². The van der Waals surface area contributed by atoms with E-state index in [1.807, 2.05) is 27.7 Å². The molecule has 1 saturated heterocycles. The summed E-state index contributed by atoms with van der Waals surface area (Å²) in [5.74, 6) is 0.595. The van der Waals surface area contributed by atoms with E-state index in [1.54, 1.807) is 0 Å². The first-order valence-electron chi connectivity index (χ1n) is 8.15. The molecule has 1 heterocycles. The van der Waals surface area contributed by atoms with Gasteiger partial charge in [0, 0.05) is 37.8 Å². The summed E-state index contributed by atoms with van der Waals surface area (Å²) in [4.78, 5) is 16.6. The average molecular weight is 314 g/mol. The molecule has 0 spiro atoms. The van der Waals surface area contributed by atoms with Crippen molar-refractivity contribution in [2.45, 2.75) is 58.3 Å². The zero-order valence-corrected chi connectivity index (χ0v) is 15.2. The van der Waals surface area contributed by atoms with Gasteiger partial charge in [0.15, 0.2) is 0 Å². The fraction of sp³-hybridized carbons (Fsp3) is 0.938. The van der Waals surface area contributed by atoms with Crippen molar-refractivity contribution in [2.24, 2.45) is 11.7 Å². The minimum absolute atomic E-state index is 0.0482. The van der Waals surface area contributed by atoms with Crippen LogP contribution >= 0.6 is 0 Å². The zero-order valence-electron chi connectivity index (χ0n) is 15.2. The third-order valence-electron chi connectivity index (χ3n) is 4.30. The van der Waals surface area contributed by atoms with Crippen LogP contribution in [0.2, 0.25) is 0 Å². The molecule has 1 aliphatic heterocycles. The summed E-state index contributed by atoms with van der Waals surface area (Å²) in [6.45, 7) is 12.4. The van der Waals surface area contributed by atoms with E-state index >= 15 is 0 Å². The Bertz CT molecular complexity index is 368. The highest BCUT2D eigenvalue weighted by Gasteiger charge is 2.36. The van der Waals surface area contributed by atoms with Crippen LogP contribution in [0.25, 0.3) is 0 Å². The number of carbonyl (C=O) groups is 1. The maximum Gasteiger partial charge on any atom is 0.407 e. The van der Waals surface area contributed by atoms with Gasteiger partial charge in [-0.15, -0.1) is 0 Å². The number of alkyl carbamates (subject to hydrolysis) is 1. The van der Waals surface area contributed by atoms with Crippen molar-refractivity contribution in [3.05, 3.63) is 0 Å². The normalized spacial score (nSPS) is 26.0. The van der Waals surface area contributed by atoms with Gasteiger partial charge in [-0.05, 0) is 47.7 Å². The Labute approximate surface area is 135 Å². The van der Waals surface area contributed by atoms with Crippen LogP contribution in [0.3, 0.4) is 0 Å². The molecule has 1 fully saturated rings. The van der Waals surface area contributed by atoms with E-state index < -0.39 is 5.60 Å². The lowest BCUT2D eigenvalue weighted by Crippen LogP contribution is -2.54. The Hall–Kier alpha value is -0.850. The van der Waals surface area contributed by atoms with Crippen molar-refractivity contribution in [1.82, 2.24) is 15.1 Å². The molecule has 0 aromatic heterocycles. The number of nitrogens with two attached hydrogens (primary N) is 1. The number of amides is 1. The highest BCUT2D eigenvalue weighted by molar-refractivity contribution is 5.68. The van der Waals surface area contributed by atoms with Crippen molar-refractivity contribution in [3.63, 3.8) is 0 Å². The number of hydrogen-bond donors (Lipinski definition) is 2. The minimum atomic E-state index is -0.486. The minimum Gasteiger partial charge on any atom is -0.444 e. The van der Waals surface area contributed by atoms with Gasteiger partial charge in [0.25, 0.3) is 0 Å². The molecule has 0 aromatic rings. The van der Waals surface area contributed by atoms with Crippen molar-refractivity contribution in [1.29, 1.82) is 0 Å². The molecule has 0 aliphatic carbocycles. The Balaban J connectivity index is 2.62. The summed E-state index contributed by atoms with van der Waals surface area (Å²) in [5, 5.41) is 2.93. The maximum atomic E-state index is 11.9. The maximum absolute atomic E-state index is 11.9. The van der Waals surface area contributed by atoms with Crippen molar-refractivity contribution >= 4 is 6.09 Å². The number of rotatable bonds is 5. The highest BCUT2D eigenvalue weighted by Crippen LogP contribution is 2.23. The summed E-state index contributed by atoms with van der Waals surface area (Å²) >= 11 is 0. The van der Waals surface area contributed by atoms with Gasteiger partial charge < -0.3 is 20.7 Å². The van der Waals surface area contributed by atoms with E-state index in [0.717, 1.165) is 13.1 Å². The first-order valence-corrected chi connectivity index (χ1v) is 8.15. The SMILES string of the molecule is CC1CN(C(CN)C(C)NC(=O)OC(C)(C)C)CC1N(C)C. The lowest BCUT2D eigenvalue weighted by molar-refractivity contribution is 0.0475. The Kier molecular flexibility index (Phi) is 6.65. The molecule has 4 atom stereocenters. The number of likely N-dealkylation sites (N-methyl/N-ethyl adjacent to an activating group) is 1. The molecule has 1 amide bonds. The standard InChI is InChI=1S/C16H34N4O2/c1-11-9-20(10-14(11)19(6)7)13(8-17)12(2)18-15(21)22-16(3,4)5/h11-14H,8-10,17H2,1-7H3,(H,18,21). The van der Waals surface area contributed by atoms with E-state index in [4.69, 9.17) is 10.5 Å². The van der Waals surface area contributed by atoms with Crippen molar-refractivity contribution in [3.8, 4) is 0 Å². The summed E-state index contributed by atoms with van der Waals surface area (Å²) in [6.07, 6.45) is -0.380. The van der Waals surface area contributed by atoms with E-state index in [9.17, 15) is 4.79 Å². The molecular weight excluding hydrogens is 280 g/mol. The molecule has 130 valence electrons. The van der Waals surface area contributed by atoms with Gasteiger partial charge in [0.2, 0.25) is 0 Å². The largest absolute Gasteiger partial charge is 0.444 e. The molecule has 0 bridgehead atoms.